The molecular weight excluding hydrogens is 373 g/mol. The second-order valence-electron chi connectivity index (χ2n) is 7.71. The first-order valence-electron chi connectivity index (χ1n) is 9.54. The minimum absolute atomic E-state index is 0.0444. The van der Waals surface area contributed by atoms with Crippen molar-refractivity contribution in [3.05, 3.63) is 75.2 Å². The lowest BCUT2D eigenvalue weighted by Crippen LogP contribution is -2.29. The number of nitrogens with zero attached hydrogens (tertiary/aromatic N) is 1. The highest BCUT2D eigenvalue weighted by Crippen LogP contribution is 2.36. The van der Waals surface area contributed by atoms with Gasteiger partial charge in [0.2, 0.25) is 5.91 Å². The summed E-state index contributed by atoms with van der Waals surface area (Å²) in [6.07, 6.45) is 1.75. The predicted octanol–water partition coefficient (Wildman–Crippen LogP) is 4.82. The van der Waals surface area contributed by atoms with Gasteiger partial charge in [-0.05, 0) is 36.1 Å². The summed E-state index contributed by atoms with van der Waals surface area (Å²) in [4.78, 5) is 26.4. The van der Waals surface area contributed by atoms with E-state index in [9.17, 15) is 19.3 Å². The molecule has 0 aliphatic heterocycles. The van der Waals surface area contributed by atoms with Crippen LogP contribution >= 0.6 is 0 Å². The van der Waals surface area contributed by atoms with Crippen molar-refractivity contribution < 1.29 is 14.1 Å². The number of nitro groups is 1. The van der Waals surface area contributed by atoms with E-state index in [4.69, 9.17) is 0 Å². The molecule has 6 nitrogen and oxygen atoms in total. The van der Waals surface area contributed by atoms with Crippen LogP contribution in [0.15, 0.2) is 42.6 Å². The van der Waals surface area contributed by atoms with E-state index in [1.54, 1.807) is 24.4 Å². The first-order chi connectivity index (χ1) is 13.8. The quantitative estimate of drug-likeness (QED) is 0.443. The molecule has 1 heterocycles. The smallest absolute Gasteiger partial charge is 0.270 e. The summed E-state index contributed by atoms with van der Waals surface area (Å²) in [7, 11) is 0. The van der Waals surface area contributed by atoms with Gasteiger partial charge in [-0.1, -0.05) is 31.5 Å². The van der Waals surface area contributed by atoms with E-state index in [2.05, 4.69) is 10.3 Å². The first kappa shape index (κ1) is 20.5. The summed E-state index contributed by atoms with van der Waals surface area (Å²) in [5.74, 6) is -0.872. The number of hydrogen-bond acceptors (Lipinski definition) is 3. The summed E-state index contributed by atoms with van der Waals surface area (Å²) in [5, 5.41) is 14.7. The fourth-order valence-electron chi connectivity index (χ4n) is 3.43. The second kappa shape index (κ2) is 8.43. The molecule has 0 saturated carbocycles. The van der Waals surface area contributed by atoms with Crippen LogP contribution in [-0.2, 0) is 4.79 Å². The van der Waals surface area contributed by atoms with Crippen LogP contribution in [0.4, 0.5) is 10.1 Å². The van der Waals surface area contributed by atoms with Gasteiger partial charge in [0.25, 0.3) is 5.69 Å². The number of nitro benzene ring substituents is 1. The molecule has 1 amide bonds. The molecule has 0 aliphatic carbocycles. The Bertz CT molecular complexity index is 1060. The van der Waals surface area contributed by atoms with Crippen LogP contribution in [-0.4, -0.2) is 22.4 Å². The summed E-state index contributed by atoms with van der Waals surface area (Å²) in [5.41, 5.74) is 2.59. The average Bonchev–Trinajstić information content (AvgIpc) is 3.09. The maximum Gasteiger partial charge on any atom is 0.270 e. The van der Waals surface area contributed by atoms with Crippen molar-refractivity contribution in [3.8, 4) is 0 Å². The molecule has 1 aromatic heterocycles. The zero-order valence-electron chi connectivity index (χ0n) is 16.7. The van der Waals surface area contributed by atoms with E-state index >= 15 is 0 Å². The largest absolute Gasteiger partial charge is 0.361 e. The third-order valence-corrected chi connectivity index (χ3v) is 4.91. The van der Waals surface area contributed by atoms with Gasteiger partial charge in [0, 0.05) is 48.1 Å². The van der Waals surface area contributed by atoms with Gasteiger partial charge in [-0.3, -0.25) is 14.9 Å². The van der Waals surface area contributed by atoms with Crippen molar-refractivity contribution in [2.45, 2.75) is 33.1 Å². The molecule has 2 N–H and O–H groups in total. The number of halogens is 1. The molecule has 29 heavy (non-hydrogen) atoms. The minimum atomic E-state index is -0.571. The van der Waals surface area contributed by atoms with Gasteiger partial charge >= 0.3 is 0 Å². The molecule has 1 unspecified atom stereocenters. The third kappa shape index (κ3) is 4.62. The van der Waals surface area contributed by atoms with E-state index in [1.807, 2.05) is 20.8 Å². The summed E-state index contributed by atoms with van der Waals surface area (Å²) in [6, 6.07) is 9.30. The zero-order valence-corrected chi connectivity index (χ0v) is 16.7. The number of carbonyl (C=O) groups excluding carboxylic acids is 1. The molecule has 0 bridgehead atoms. The molecule has 0 saturated heterocycles. The maximum absolute atomic E-state index is 14.7. The third-order valence-electron chi connectivity index (χ3n) is 4.91. The topological polar surface area (TPSA) is 88.0 Å². The number of non-ortho nitro benzene ring substituents is 1. The molecule has 3 aromatic rings. The van der Waals surface area contributed by atoms with E-state index in [1.165, 1.54) is 18.2 Å². The SMILES string of the molecule is Cc1ccc(F)c(C(CC(=O)NCC(C)C)c2c[nH]c3ccc([N+](=O)[O-])cc23)c1. The lowest BCUT2D eigenvalue weighted by atomic mass is 9.86. The minimum Gasteiger partial charge on any atom is -0.361 e. The van der Waals surface area contributed by atoms with Gasteiger partial charge in [0.15, 0.2) is 0 Å². The van der Waals surface area contributed by atoms with E-state index in [0.717, 1.165) is 5.56 Å². The van der Waals surface area contributed by atoms with Crippen molar-refractivity contribution in [1.29, 1.82) is 0 Å². The monoisotopic (exact) mass is 397 g/mol. The standard InChI is InChI=1S/C22H24FN3O3/c1-13(2)11-25-22(27)10-16(17-8-14(3)4-6-20(17)23)19-12-24-21-7-5-15(26(28)29)9-18(19)21/h4-9,12-13,16,24H,10-11H2,1-3H3,(H,25,27). The molecule has 0 fully saturated rings. The van der Waals surface area contributed by atoms with E-state index in [-0.39, 0.29) is 18.0 Å². The van der Waals surface area contributed by atoms with E-state index < -0.39 is 16.7 Å². The van der Waals surface area contributed by atoms with Gasteiger partial charge in [0.05, 0.1) is 4.92 Å². The van der Waals surface area contributed by atoms with Crippen LogP contribution in [0.1, 0.15) is 42.9 Å². The Morgan fingerprint density at radius 2 is 1.97 bits per heavy atom. The second-order valence-corrected chi connectivity index (χ2v) is 7.71. The summed E-state index contributed by atoms with van der Waals surface area (Å²) >= 11 is 0. The summed E-state index contributed by atoms with van der Waals surface area (Å²) in [6.45, 7) is 6.38. The van der Waals surface area contributed by atoms with Crippen LogP contribution in [0.3, 0.4) is 0 Å². The Hall–Kier alpha value is -3.22. The van der Waals surface area contributed by atoms with Crippen molar-refractivity contribution >= 4 is 22.5 Å². The number of carbonyl (C=O) groups is 1. The van der Waals surface area contributed by atoms with Crippen LogP contribution in [0.25, 0.3) is 10.9 Å². The number of fused-ring (bicyclic) bond motifs is 1. The number of aryl methyl sites for hydroxylation is 1. The molecule has 1 atom stereocenters. The molecular formula is C22H24FN3O3. The molecule has 2 aromatic carbocycles. The van der Waals surface area contributed by atoms with Crippen molar-refractivity contribution in [3.63, 3.8) is 0 Å². The number of aromatic nitrogens is 1. The lowest BCUT2D eigenvalue weighted by molar-refractivity contribution is -0.384. The Labute approximate surface area is 168 Å². The van der Waals surface area contributed by atoms with Crippen LogP contribution in [0.2, 0.25) is 0 Å². The van der Waals surface area contributed by atoms with Crippen LogP contribution in [0, 0.1) is 28.8 Å². The maximum atomic E-state index is 14.7. The molecule has 0 radical (unpaired) electrons. The zero-order chi connectivity index (χ0) is 21.1. The number of benzene rings is 2. The Kier molecular flexibility index (Phi) is 5.96. The van der Waals surface area contributed by atoms with Gasteiger partial charge in [-0.2, -0.15) is 0 Å². The van der Waals surface area contributed by atoms with Gasteiger partial charge < -0.3 is 10.3 Å². The Balaban J connectivity index is 2.09. The highest BCUT2D eigenvalue weighted by atomic mass is 19.1. The molecule has 3 rings (SSSR count). The predicted molar refractivity (Wildman–Crippen MR) is 110 cm³/mol. The Morgan fingerprint density at radius 3 is 2.66 bits per heavy atom. The highest BCUT2D eigenvalue weighted by Gasteiger charge is 2.25. The summed E-state index contributed by atoms with van der Waals surface area (Å²) < 4.78 is 14.7. The Morgan fingerprint density at radius 1 is 1.21 bits per heavy atom. The normalized spacial score (nSPS) is 12.3. The molecule has 7 heteroatoms. The number of nitrogens with one attached hydrogen (secondary N) is 2. The number of amides is 1. The average molecular weight is 397 g/mol. The van der Waals surface area contributed by atoms with Gasteiger partial charge in [-0.25, -0.2) is 4.39 Å². The molecule has 0 spiro atoms. The van der Waals surface area contributed by atoms with Crippen LogP contribution in [0.5, 0.6) is 0 Å². The molecule has 0 aliphatic rings. The van der Waals surface area contributed by atoms with Gasteiger partial charge in [0.1, 0.15) is 5.82 Å². The fraction of sp³-hybridized carbons (Fsp3) is 0.318. The van der Waals surface area contributed by atoms with E-state index in [0.29, 0.717) is 34.5 Å². The number of hydrogen-bond donors (Lipinski definition) is 2. The van der Waals surface area contributed by atoms with Crippen molar-refractivity contribution in [2.75, 3.05) is 6.54 Å². The first-order valence-corrected chi connectivity index (χ1v) is 9.54. The molecule has 152 valence electrons. The van der Waals surface area contributed by atoms with Crippen molar-refractivity contribution in [1.82, 2.24) is 10.3 Å². The van der Waals surface area contributed by atoms with Gasteiger partial charge in [-0.15, -0.1) is 0 Å². The lowest BCUT2D eigenvalue weighted by Gasteiger charge is -2.19. The number of H-pyrrole nitrogens is 1. The van der Waals surface area contributed by atoms with Crippen molar-refractivity contribution in [2.24, 2.45) is 5.92 Å². The number of aromatic amines is 1. The fourth-order valence-corrected chi connectivity index (χ4v) is 3.43. The van der Waals surface area contributed by atoms with Crippen LogP contribution < -0.4 is 5.32 Å². The highest BCUT2D eigenvalue weighted by molar-refractivity contribution is 5.87. The number of rotatable bonds is 7.